The van der Waals surface area contributed by atoms with E-state index in [2.05, 4.69) is 30.2 Å². The quantitative estimate of drug-likeness (QED) is 0.343. The van der Waals surface area contributed by atoms with E-state index in [1.807, 2.05) is 30.6 Å². The standard InChI is InChI=1S/C30H37FN4O2S/c1-5-12-34(27(36)23-10-6-7-11-24(23)31)16-21-9-8-13-33(21)17-26-32-25(18-38-26)28(37)35-20-30(4)15-22(35)14-29(2,3)19-30/h6-11,13,18,22H,5,12,14-17,19-20H2,1-4H3. The van der Waals surface area contributed by atoms with E-state index in [4.69, 9.17) is 4.98 Å². The van der Waals surface area contributed by atoms with Gasteiger partial charge in [0.05, 0.1) is 18.7 Å². The highest BCUT2D eigenvalue weighted by Gasteiger charge is 2.51. The van der Waals surface area contributed by atoms with Crippen LogP contribution in [-0.4, -0.2) is 50.3 Å². The van der Waals surface area contributed by atoms with Gasteiger partial charge < -0.3 is 14.4 Å². The maximum absolute atomic E-state index is 14.3. The predicted molar refractivity (Wildman–Crippen MR) is 148 cm³/mol. The molecule has 1 saturated heterocycles. The van der Waals surface area contributed by atoms with E-state index in [9.17, 15) is 14.0 Å². The number of thiazole rings is 1. The Balaban J connectivity index is 1.28. The lowest BCUT2D eigenvalue weighted by atomic mass is 9.65. The van der Waals surface area contributed by atoms with Crippen LogP contribution in [0.3, 0.4) is 0 Å². The van der Waals surface area contributed by atoms with Crippen molar-refractivity contribution in [2.24, 2.45) is 10.8 Å². The molecule has 2 aliphatic rings. The van der Waals surface area contributed by atoms with Crippen LogP contribution in [0.4, 0.5) is 4.39 Å². The molecule has 2 aromatic heterocycles. The van der Waals surface area contributed by atoms with E-state index < -0.39 is 5.82 Å². The highest BCUT2D eigenvalue weighted by Crippen LogP contribution is 2.52. The first-order valence-corrected chi connectivity index (χ1v) is 14.4. The molecule has 8 heteroatoms. The molecular weight excluding hydrogens is 499 g/mol. The molecule has 2 unspecified atom stereocenters. The van der Waals surface area contributed by atoms with Crippen LogP contribution in [0, 0.1) is 16.6 Å². The molecule has 3 aromatic rings. The molecule has 2 amide bonds. The zero-order valence-electron chi connectivity index (χ0n) is 22.7. The van der Waals surface area contributed by atoms with E-state index in [0.717, 1.165) is 42.9 Å². The lowest BCUT2D eigenvalue weighted by molar-refractivity contribution is 0.0700. The second-order valence-corrected chi connectivity index (χ2v) is 13.0. The van der Waals surface area contributed by atoms with Gasteiger partial charge in [0.25, 0.3) is 11.8 Å². The Morgan fingerprint density at radius 3 is 2.71 bits per heavy atom. The Bertz CT molecular complexity index is 1330. The topological polar surface area (TPSA) is 58.4 Å². The summed E-state index contributed by atoms with van der Waals surface area (Å²) in [6.45, 7) is 11.2. The van der Waals surface area contributed by atoms with Crippen LogP contribution in [0.2, 0.25) is 0 Å². The Morgan fingerprint density at radius 2 is 1.95 bits per heavy atom. The number of nitrogens with zero attached hydrogens (tertiary/aromatic N) is 4. The van der Waals surface area contributed by atoms with Gasteiger partial charge in [-0.15, -0.1) is 11.3 Å². The van der Waals surface area contributed by atoms with E-state index >= 15 is 0 Å². The molecule has 2 fully saturated rings. The van der Waals surface area contributed by atoms with Gasteiger partial charge in [0.1, 0.15) is 16.5 Å². The number of amides is 2. The zero-order chi connectivity index (χ0) is 27.1. The van der Waals surface area contributed by atoms with E-state index in [-0.39, 0.29) is 34.2 Å². The van der Waals surface area contributed by atoms with Crippen LogP contribution in [-0.2, 0) is 13.1 Å². The van der Waals surface area contributed by atoms with Gasteiger partial charge in [0, 0.05) is 36.4 Å². The third-order valence-corrected chi connectivity index (χ3v) is 8.75. The van der Waals surface area contributed by atoms with Gasteiger partial charge in [-0.1, -0.05) is 39.8 Å². The van der Waals surface area contributed by atoms with Crippen LogP contribution < -0.4 is 0 Å². The van der Waals surface area contributed by atoms with Gasteiger partial charge in [-0.05, 0) is 60.8 Å². The second kappa shape index (κ2) is 10.3. The minimum Gasteiger partial charge on any atom is -0.343 e. The molecule has 38 heavy (non-hydrogen) atoms. The molecule has 1 saturated carbocycles. The van der Waals surface area contributed by atoms with Gasteiger partial charge in [-0.3, -0.25) is 9.59 Å². The number of carbonyl (C=O) groups is 2. The van der Waals surface area contributed by atoms with Crippen LogP contribution in [0.25, 0.3) is 0 Å². The summed E-state index contributed by atoms with van der Waals surface area (Å²) in [7, 11) is 0. The number of rotatable bonds is 8. The summed E-state index contributed by atoms with van der Waals surface area (Å²) >= 11 is 1.49. The fourth-order valence-corrected chi connectivity index (χ4v) is 7.51. The molecule has 1 aromatic carbocycles. The van der Waals surface area contributed by atoms with Crippen LogP contribution >= 0.6 is 11.3 Å². The number of hydrogen-bond donors (Lipinski definition) is 0. The summed E-state index contributed by atoms with van der Waals surface area (Å²) < 4.78 is 16.4. The molecule has 202 valence electrons. The molecule has 1 aliphatic heterocycles. The van der Waals surface area contributed by atoms with Gasteiger partial charge in [0.2, 0.25) is 0 Å². The summed E-state index contributed by atoms with van der Waals surface area (Å²) in [4.78, 5) is 35.1. The predicted octanol–water partition coefficient (Wildman–Crippen LogP) is 6.23. The number of carbonyl (C=O) groups excluding carboxylic acids is 2. The molecule has 0 radical (unpaired) electrons. The third-order valence-electron chi connectivity index (χ3n) is 7.91. The molecule has 2 atom stereocenters. The monoisotopic (exact) mass is 536 g/mol. The summed E-state index contributed by atoms with van der Waals surface area (Å²) in [6.07, 6.45) is 5.99. The van der Waals surface area contributed by atoms with Crippen molar-refractivity contribution >= 4 is 23.2 Å². The van der Waals surface area contributed by atoms with Crippen molar-refractivity contribution in [1.29, 1.82) is 0 Å². The Labute approximate surface area is 228 Å². The number of likely N-dealkylation sites (tertiary alicyclic amines) is 1. The fraction of sp³-hybridized carbons (Fsp3) is 0.500. The largest absolute Gasteiger partial charge is 0.343 e. The first kappa shape index (κ1) is 26.6. The smallest absolute Gasteiger partial charge is 0.273 e. The SMILES string of the molecule is CCCN(Cc1cccn1Cc1nc(C(=O)N2CC3(C)CC2CC(C)(C)C3)cs1)C(=O)c1ccccc1F. The molecule has 3 heterocycles. The number of aromatic nitrogens is 2. The molecule has 0 N–H and O–H groups in total. The molecule has 6 nitrogen and oxygen atoms in total. The Kier molecular flexibility index (Phi) is 7.20. The molecular formula is C30H37FN4O2S. The van der Waals surface area contributed by atoms with E-state index in [1.54, 1.807) is 17.0 Å². The van der Waals surface area contributed by atoms with Gasteiger partial charge in [0.15, 0.2) is 0 Å². The normalized spacial score (nSPS) is 22.0. The van der Waals surface area contributed by atoms with Crippen LogP contribution in [0.5, 0.6) is 0 Å². The van der Waals surface area contributed by atoms with Crippen molar-refractivity contribution in [3.63, 3.8) is 0 Å². The fourth-order valence-electron chi connectivity index (χ4n) is 6.74. The second-order valence-electron chi connectivity index (χ2n) is 12.1. The lowest BCUT2D eigenvalue weighted by Gasteiger charge is -2.39. The first-order valence-electron chi connectivity index (χ1n) is 13.5. The lowest BCUT2D eigenvalue weighted by Crippen LogP contribution is -2.37. The highest BCUT2D eigenvalue weighted by atomic mass is 32.1. The van der Waals surface area contributed by atoms with Gasteiger partial charge in [-0.2, -0.15) is 0 Å². The highest BCUT2D eigenvalue weighted by molar-refractivity contribution is 7.09. The van der Waals surface area contributed by atoms with Crippen molar-refractivity contribution in [1.82, 2.24) is 19.4 Å². The minimum absolute atomic E-state index is 0.0382. The summed E-state index contributed by atoms with van der Waals surface area (Å²) in [5.74, 6) is -0.780. The molecule has 0 spiro atoms. The van der Waals surface area contributed by atoms with Gasteiger partial charge in [-0.25, -0.2) is 9.37 Å². The molecule has 5 rings (SSSR count). The molecule has 2 bridgehead atoms. The summed E-state index contributed by atoms with van der Waals surface area (Å²) in [6, 6.07) is 10.3. The number of fused-ring (bicyclic) bond motifs is 2. The first-order chi connectivity index (χ1) is 18.1. The minimum atomic E-state index is -0.506. The maximum Gasteiger partial charge on any atom is 0.273 e. The Morgan fingerprint density at radius 1 is 1.16 bits per heavy atom. The van der Waals surface area contributed by atoms with Crippen molar-refractivity contribution in [3.8, 4) is 0 Å². The summed E-state index contributed by atoms with van der Waals surface area (Å²) in [5.41, 5.74) is 1.99. The summed E-state index contributed by atoms with van der Waals surface area (Å²) in [5, 5.41) is 2.73. The zero-order valence-corrected chi connectivity index (χ0v) is 23.6. The van der Waals surface area contributed by atoms with Crippen molar-refractivity contribution in [3.05, 3.63) is 75.8 Å². The van der Waals surface area contributed by atoms with Crippen molar-refractivity contribution in [2.45, 2.75) is 72.5 Å². The average molecular weight is 537 g/mol. The molecule has 1 aliphatic carbocycles. The van der Waals surface area contributed by atoms with E-state index in [0.29, 0.717) is 25.3 Å². The third kappa shape index (κ3) is 5.41. The average Bonchev–Trinajstić information content (AvgIpc) is 3.56. The Hall–Kier alpha value is -3.00. The number of halogens is 1. The van der Waals surface area contributed by atoms with E-state index in [1.165, 1.54) is 23.5 Å². The maximum atomic E-state index is 14.3. The van der Waals surface area contributed by atoms with Crippen molar-refractivity contribution in [2.75, 3.05) is 13.1 Å². The van der Waals surface area contributed by atoms with Crippen LogP contribution in [0.15, 0.2) is 48.0 Å². The van der Waals surface area contributed by atoms with Gasteiger partial charge >= 0.3 is 0 Å². The number of hydrogen-bond acceptors (Lipinski definition) is 4. The number of benzene rings is 1. The van der Waals surface area contributed by atoms with Crippen molar-refractivity contribution < 1.29 is 14.0 Å². The van der Waals surface area contributed by atoms with Crippen LogP contribution in [0.1, 0.15) is 84.9 Å².